The molecule has 0 fully saturated rings. The number of carbonyl (C=O) groups excluding carboxylic acids is 1. The lowest BCUT2D eigenvalue weighted by Crippen LogP contribution is -2.41. The third-order valence-electron chi connectivity index (χ3n) is 3.15. The zero-order valence-electron chi connectivity index (χ0n) is 11.5. The van der Waals surface area contributed by atoms with Gasteiger partial charge in [-0.1, -0.05) is 24.6 Å². The summed E-state index contributed by atoms with van der Waals surface area (Å²) in [7, 11) is 1.64. The lowest BCUT2D eigenvalue weighted by molar-refractivity contribution is 0.0366. The maximum Gasteiger partial charge on any atom is 0.253 e. The van der Waals surface area contributed by atoms with Crippen LogP contribution >= 0.6 is 11.6 Å². The van der Waals surface area contributed by atoms with E-state index in [2.05, 4.69) is 0 Å². The van der Waals surface area contributed by atoms with Gasteiger partial charge in [-0.25, -0.2) is 0 Å². The van der Waals surface area contributed by atoms with Gasteiger partial charge in [-0.05, 0) is 24.6 Å². The van der Waals surface area contributed by atoms with Crippen molar-refractivity contribution in [3.05, 3.63) is 34.3 Å². The molecule has 1 rings (SSSR count). The van der Waals surface area contributed by atoms with Gasteiger partial charge in [0.15, 0.2) is 0 Å². The highest BCUT2D eigenvalue weighted by Crippen LogP contribution is 2.20. The molecule has 0 radical (unpaired) electrons. The number of aliphatic hydroxyl groups is 2. The maximum absolute atomic E-state index is 12.2. The first kappa shape index (κ1) is 16.0. The van der Waals surface area contributed by atoms with Gasteiger partial charge >= 0.3 is 0 Å². The van der Waals surface area contributed by atoms with Crippen LogP contribution in [0, 0.1) is 12.3 Å². The van der Waals surface area contributed by atoms with Gasteiger partial charge < -0.3 is 15.1 Å². The second-order valence-corrected chi connectivity index (χ2v) is 5.66. The van der Waals surface area contributed by atoms with Crippen LogP contribution in [0.2, 0.25) is 5.02 Å². The Labute approximate surface area is 118 Å². The van der Waals surface area contributed by atoms with Crippen LogP contribution in [0.4, 0.5) is 0 Å². The van der Waals surface area contributed by atoms with Crippen LogP contribution in [0.15, 0.2) is 18.2 Å². The number of amides is 1. The first-order chi connectivity index (χ1) is 8.83. The number of benzene rings is 1. The Morgan fingerprint density at radius 2 is 1.95 bits per heavy atom. The molecule has 0 heterocycles. The molecule has 0 saturated heterocycles. The van der Waals surface area contributed by atoms with E-state index in [1.807, 2.05) is 6.92 Å². The molecule has 5 heteroatoms. The van der Waals surface area contributed by atoms with Crippen LogP contribution in [0.3, 0.4) is 0 Å². The van der Waals surface area contributed by atoms with Crippen LogP contribution in [-0.2, 0) is 0 Å². The van der Waals surface area contributed by atoms with Crippen molar-refractivity contribution in [3.8, 4) is 0 Å². The number of hydrogen-bond donors (Lipinski definition) is 2. The van der Waals surface area contributed by atoms with E-state index in [1.54, 1.807) is 32.2 Å². The number of halogens is 1. The molecule has 0 aliphatic heterocycles. The molecule has 0 aliphatic carbocycles. The number of aryl methyl sites for hydroxylation is 1. The van der Waals surface area contributed by atoms with E-state index in [9.17, 15) is 15.0 Å². The van der Waals surface area contributed by atoms with Crippen molar-refractivity contribution in [1.82, 2.24) is 4.90 Å². The number of rotatable bonds is 5. The number of carbonyl (C=O) groups is 1. The Kier molecular flexibility index (Phi) is 5.35. The van der Waals surface area contributed by atoms with Crippen LogP contribution in [0.25, 0.3) is 0 Å². The summed E-state index contributed by atoms with van der Waals surface area (Å²) in [6.45, 7) is 3.49. The molecule has 1 aromatic rings. The Balaban J connectivity index is 2.85. The van der Waals surface area contributed by atoms with Crippen molar-refractivity contribution in [2.45, 2.75) is 13.8 Å². The first-order valence-corrected chi connectivity index (χ1v) is 6.44. The van der Waals surface area contributed by atoms with E-state index < -0.39 is 5.41 Å². The third-order valence-corrected chi connectivity index (χ3v) is 3.56. The van der Waals surface area contributed by atoms with Crippen molar-refractivity contribution < 1.29 is 15.0 Å². The molecule has 0 aromatic heterocycles. The highest BCUT2D eigenvalue weighted by atomic mass is 35.5. The van der Waals surface area contributed by atoms with Crippen molar-refractivity contribution in [3.63, 3.8) is 0 Å². The SMILES string of the molecule is Cc1ccc(C(=O)N(C)CC(C)(CO)CO)cc1Cl. The fraction of sp³-hybridized carbons (Fsp3) is 0.500. The van der Waals surface area contributed by atoms with Gasteiger partial charge in [-0.3, -0.25) is 4.79 Å². The molecule has 0 atom stereocenters. The molecule has 106 valence electrons. The molecule has 0 saturated carbocycles. The summed E-state index contributed by atoms with van der Waals surface area (Å²) in [5.74, 6) is -0.185. The van der Waals surface area contributed by atoms with E-state index in [0.717, 1.165) is 5.56 Å². The second kappa shape index (κ2) is 6.37. The van der Waals surface area contributed by atoms with E-state index in [1.165, 1.54) is 4.90 Å². The van der Waals surface area contributed by atoms with Crippen molar-refractivity contribution in [2.24, 2.45) is 5.41 Å². The zero-order chi connectivity index (χ0) is 14.6. The van der Waals surface area contributed by atoms with Crippen molar-refractivity contribution in [1.29, 1.82) is 0 Å². The van der Waals surface area contributed by atoms with Crippen molar-refractivity contribution >= 4 is 17.5 Å². The predicted octanol–water partition coefficient (Wildman–Crippen LogP) is 1.71. The lowest BCUT2D eigenvalue weighted by Gasteiger charge is -2.30. The maximum atomic E-state index is 12.2. The topological polar surface area (TPSA) is 60.8 Å². The minimum absolute atomic E-state index is 0.185. The van der Waals surface area contributed by atoms with Gasteiger partial charge in [0.1, 0.15) is 0 Å². The first-order valence-electron chi connectivity index (χ1n) is 6.06. The third kappa shape index (κ3) is 3.93. The summed E-state index contributed by atoms with van der Waals surface area (Å²) in [5.41, 5.74) is 0.701. The van der Waals surface area contributed by atoms with E-state index in [-0.39, 0.29) is 25.7 Å². The molecule has 1 aromatic carbocycles. The van der Waals surface area contributed by atoms with Gasteiger partial charge in [0.25, 0.3) is 5.91 Å². The molecular weight excluding hydrogens is 266 g/mol. The van der Waals surface area contributed by atoms with Gasteiger partial charge in [0.05, 0.1) is 13.2 Å². The molecule has 2 N–H and O–H groups in total. The number of aliphatic hydroxyl groups excluding tert-OH is 2. The largest absolute Gasteiger partial charge is 0.396 e. The highest BCUT2D eigenvalue weighted by molar-refractivity contribution is 6.31. The van der Waals surface area contributed by atoms with Crippen LogP contribution in [0.5, 0.6) is 0 Å². The number of hydrogen-bond acceptors (Lipinski definition) is 3. The summed E-state index contributed by atoms with van der Waals surface area (Å²) in [6.07, 6.45) is 0. The molecule has 0 bridgehead atoms. The fourth-order valence-electron chi connectivity index (χ4n) is 1.74. The van der Waals surface area contributed by atoms with Crippen molar-refractivity contribution in [2.75, 3.05) is 26.8 Å². The van der Waals surface area contributed by atoms with Gasteiger partial charge in [0, 0.05) is 29.6 Å². The van der Waals surface area contributed by atoms with Gasteiger partial charge in [-0.15, -0.1) is 0 Å². The fourth-order valence-corrected chi connectivity index (χ4v) is 1.92. The Morgan fingerprint density at radius 1 is 1.37 bits per heavy atom. The quantitative estimate of drug-likeness (QED) is 0.866. The molecule has 19 heavy (non-hydrogen) atoms. The summed E-state index contributed by atoms with van der Waals surface area (Å²) in [4.78, 5) is 13.7. The second-order valence-electron chi connectivity index (χ2n) is 5.25. The standard InChI is InChI=1S/C14H20ClNO3/c1-10-4-5-11(6-12(10)15)13(19)16(3)7-14(2,8-17)9-18/h4-6,17-18H,7-9H2,1-3H3. The minimum atomic E-state index is -0.709. The number of nitrogens with zero attached hydrogens (tertiary/aromatic N) is 1. The summed E-state index contributed by atoms with van der Waals surface area (Å²) < 4.78 is 0. The molecule has 0 aliphatic rings. The average molecular weight is 286 g/mol. The predicted molar refractivity (Wildman–Crippen MR) is 75.4 cm³/mol. The Morgan fingerprint density at radius 3 is 2.42 bits per heavy atom. The molecule has 0 spiro atoms. The zero-order valence-corrected chi connectivity index (χ0v) is 12.2. The van der Waals surface area contributed by atoms with E-state index in [4.69, 9.17) is 11.6 Å². The Hall–Kier alpha value is -1.10. The van der Waals surface area contributed by atoms with E-state index >= 15 is 0 Å². The summed E-state index contributed by atoms with van der Waals surface area (Å²) in [5, 5.41) is 19.0. The lowest BCUT2D eigenvalue weighted by atomic mass is 9.92. The average Bonchev–Trinajstić information content (AvgIpc) is 2.40. The van der Waals surface area contributed by atoms with Gasteiger partial charge in [0.2, 0.25) is 0 Å². The van der Waals surface area contributed by atoms with Crippen LogP contribution in [-0.4, -0.2) is 47.8 Å². The smallest absolute Gasteiger partial charge is 0.253 e. The normalized spacial score (nSPS) is 11.5. The molecule has 1 amide bonds. The monoisotopic (exact) mass is 285 g/mol. The molecular formula is C14H20ClNO3. The Bertz CT molecular complexity index is 458. The summed E-state index contributed by atoms with van der Waals surface area (Å²) in [6, 6.07) is 5.14. The highest BCUT2D eigenvalue weighted by Gasteiger charge is 2.26. The van der Waals surface area contributed by atoms with Gasteiger partial charge in [-0.2, -0.15) is 0 Å². The minimum Gasteiger partial charge on any atom is -0.396 e. The van der Waals surface area contributed by atoms with Crippen LogP contribution < -0.4 is 0 Å². The molecule has 0 unspecified atom stereocenters. The van der Waals surface area contributed by atoms with E-state index in [0.29, 0.717) is 10.6 Å². The van der Waals surface area contributed by atoms with Crippen LogP contribution in [0.1, 0.15) is 22.8 Å². The summed E-state index contributed by atoms with van der Waals surface area (Å²) >= 11 is 6.00. The molecule has 4 nitrogen and oxygen atoms in total.